The van der Waals surface area contributed by atoms with Crippen LogP contribution in [0.1, 0.15) is 12.8 Å². The number of hydrogen-bond donors (Lipinski definition) is 0. The fourth-order valence-electron chi connectivity index (χ4n) is 0.411. The minimum Gasteiger partial charge on any atom is -0.113 e. The first-order valence-corrected chi connectivity index (χ1v) is 3.01. The van der Waals surface area contributed by atoms with Gasteiger partial charge in [0.2, 0.25) is 0 Å². The Morgan fingerprint density at radius 2 is 2.29 bits per heavy atom. The number of hydrogen-bond acceptors (Lipinski definition) is 0. The summed E-state index contributed by atoms with van der Waals surface area (Å²) in [7, 11) is 0. The Hall–Kier alpha value is -0.150. The maximum Gasteiger partial charge on any atom is 0.0835 e. The van der Waals surface area contributed by atoms with Crippen molar-refractivity contribution in [1.29, 1.82) is 0 Å². The summed E-state index contributed by atoms with van der Waals surface area (Å²) >= 11 is 5.30. The zero-order valence-electron chi connectivity index (χ0n) is 4.08. The van der Waals surface area contributed by atoms with E-state index in [-0.39, 0.29) is 0 Å². The molecule has 1 aliphatic carbocycles. The second-order valence-corrected chi connectivity index (χ2v) is 2.00. The van der Waals surface area contributed by atoms with Gasteiger partial charge in [-0.1, -0.05) is 11.8 Å². The zero-order valence-corrected chi connectivity index (χ0v) is 4.83. The van der Waals surface area contributed by atoms with Gasteiger partial charge in [-0.25, -0.2) is 0 Å². The lowest BCUT2D eigenvalue weighted by atomic mass is 10.4. The van der Waals surface area contributed by atoms with Crippen molar-refractivity contribution in [1.82, 2.24) is 0 Å². The Labute approximate surface area is 48.9 Å². The summed E-state index contributed by atoms with van der Waals surface area (Å²) in [5.74, 6) is 7.05. The molecule has 0 saturated heterocycles. The van der Waals surface area contributed by atoms with Crippen LogP contribution in [0.3, 0.4) is 0 Å². The van der Waals surface area contributed by atoms with Gasteiger partial charge < -0.3 is 0 Å². The van der Waals surface area contributed by atoms with Gasteiger partial charge in [-0.3, -0.25) is 0 Å². The summed E-state index contributed by atoms with van der Waals surface area (Å²) in [5.41, 5.74) is 0. The average Bonchev–Trinajstić information content (AvgIpc) is 2.42. The topological polar surface area (TPSA) is 0 Å². The lowest BCUT2D eigenvalue weighted by Crippen LogP contribution is -1.63. The highest BCUT2D eigenvalue weighted by Crippen LogP contribution is 2.27. The van der Waals surface area contributed by atoms with Crippen molar-refractivity contribution >= 4 is 11.6 Å². The van der Waals surface area contributed by atoms with E-state index in [0.717, 1.165) is 0 Å². The van der Waals surface area contributed by atoms with Crippen LogP contribution in [0.4, 0.5) is 0 Å². The van der Waals surface area contributed by atoms with E-state index in [9.17, 15) is 0 Å². The molecular weight excluding hydrogens is 108 g/mol. The van der Waals surface area contributed by atoms with Gasteiger partial charge in [0.05, 0.1) is 5.88 Å². The summed E-state index contributed by atoms with van der Waals surface area (Å²) in [5, 5.41) is 0. The van der Waals surface area contributed by atoms with Crippen LogP contribution in [0.2, 0.25) is 0 Å². The van der Waals surface area contributed by atoms with Crippen LogP contribution >= 0.6 is 11.6 Å². The van der Waals surface area contributed by atoms with Crippen molar-refractivity contribution in [3.05, 3.63) is 0 Å². The molecule has 0 unspecified atom stereocenters. The van der Waals surface area contributed by atoms with E-state index in [2.05, 4.69) is 11.8 Å². The smallest absolute Gasteiger partial charge is 0.0835 e. The maximum atomic E-state index is 5.30. The van der Waals surface area contributed by atoms with E-state index in [1.807, 2.05) is 0 Å². The molecule has 0 amide bonds. The van der Waals surface area contributed by atoms with Gasteiger partial charge in [-0.15, -0.1) is 11.6 Å². The first-order valence-electron chi connectivity index (χ1n) is 2.48. The fourth-order valence-corrected chi connectivity index (χ4v) is 0.488. The summed E-state index contributed by atoms with van der Waals surface area (Å²) < 4.78 is 0. The molecule has 0 aromatic carbocycles. The molecule has 0 nitrogen and oxygen atoms in total. The van der Waals surface area contributed by atoms with Crippen molar-refractivity contribution in [3.8, 4) is 11.8 Å². The third-order valence-corrected chi connectivity index (χ3v) is 1.08. The van der Waals surface area contributed by atoms with Gasteiger partial charge in [-0.2, -0.15) is 0 Å². The van der Waals surface area contributed by atoms with E-state index in [1.165, 1.54) is 12.8 Å². The molecule has 0 spiro atoms. The summed E-state index contributed by atoms with van der Waals surface area (Å²) in [6.45, 7) is 0. The van der Waals surface area contributed by atoms with Gasteiger partial charge in [0.25, 0.3) is 0 Å². The summed E-state index contributed by atoms with van der Waals surface area (Å²) in [6.07, 6.45) is 2.59. The molecule has 7 heavy (non-hydrogen) atoms. The molecule has 0 aliphatic heterocycles. The average molecular weight is 115 g/mol. The highest BCUT2D eigenvalue weighted by Gasteiger charge is 2.17. The predicted molar refractivity (Wildman–Crippen MR) is 31.2 cm³/mol. The fraction of sp³-hybridized carbons (Fsp3) is 0.667. The van der Waals surface area contributed by atoms with E-state index in [4.69, 9.17) is 11.6 Å². The molecule has 1 saturated carbocycles. The molecule has 38 valence electrons. The van der Waals surface area contributed by atoms with Crippen LogP contribution < -0.4 is 0 Å². The van der Waals surface area contributed by atoms with E-state index < -0.39 is 0 Å². The van der Waals surface area contributed by atoms with Gasteiger partial charge in [0.1, 0.15) is 0 Å². The minimum absolute atomic E-state index is 0.497. The van der Waals surface area contributed by atoms with Crippen LogP contribution in [0.15, 0.2) is 0 Å². The van der Waals surface area contributed by atoms with Crippen molar-refractivity contribution < 1.29 is 0 Å². The molecule has 1 heteroatoms. The molecule has 0 aromatic heterocycles. The number of rotatable bonds is 0. The Morgan fingerprint density at radius 3 is 2.71 bits per heavy atom. The number of halogens is 1. The third-order valence-electron chi connectivity index (χ3n) is 0.950. The molecule has 1 fully saturated rings. The van der Waals surface area contributed by atoms with Gasteiger partial charge in [-0.05, 0) is 12.8 Å². The lowest BCUT2D eigenvalue weighted by Gasteiger charge is -1.67. The third kappa shape index (κ3) is 1.85. The Kier molecular flexibility index (Phi) is 1.59. The quantitative estimate of drug-likeness (QED) is 0.332. The minimum atomic E-state index is 0.497. The van der Waals surface area contributed by atoms with Crippen molar-refractivity contribution in [2.75, 3.05) is 5.88 Å². The second kappa shape index (κ2) is 2.23. The molecule has 0 N–H and O–H groups in total. The number of alkyl halides is 1. The maximum absolute atomic E-state index is 5.30. The first kappa shape index (κ1) is 5.00. The molecule has 1 aliphatic rings. The molecular formula is C6H7Cl. The van der Waals surface area contributed by atoms with Gasteiger partial charge in [0.15, 0.2) is 0 Å². The highest BCUT2D eigenvalue weighted by molar-refractivity contribution is 6.19. The molecule has 0 aromatic rings. The zero-order chi connectivity index (χ0) is 5.11. The molecule has 0 radical (unpaired) electrons. The van der Waals surface area contributed by atoms with E-state index in [0.29, 0.717) is 11.8 Å². The molecule has 0 atom stereocenters. The van der Waals surface area contributed by atoms with Crippen LogP contribution in [0.5, 0.6) is 0 Å². The van der Waals surface area contributed by atoms with Crippen LogP contribution in [-0.4, -0.2) is 5.88 Å². The highest BCUT2D eigenvalue weighted by atomic mass is 35.5. The van der Waals surface area contributed by atoms with Gasteiger partial charge in [0, 0.05) is 5.92 Å². The Balaban J connectivity index is 2.16. The Bertz CT molecular complexity index is 103. The van der Waals surface area contributed by atoms with Crippen molar-refractivity contribution in [3.63, 3.8) is 0 Å². The Morgan fingerprint density at radius 1 is 1.57 bits per heavy atom. The largest absolute Gasteiger partial charge is 0.113 e. The molecule has 1 rings (SSSR count). The summed E-state index contributed by atoms with van der Waals surface area (Å²) in [6, 6.07) is 0. The van der Waals surface area contributed by atoms with Gasteiger partial charge >= 0.3 is 0 Å². The summed E-state index contributed by atoms with van der Waals surface area (Å²) in [4.78, 5) is 0. The van der Waals surface area contributed by atoms with Crippen LogP contribution in [0.25, 0.3) is 0 Å². The molecule has 0 heterocycles. The monoisotopic (exact) mass is 114 g/mol. The van der Waals surface area contributed by atoms with Crippen molar-refractivity contribution in [2.45, 2.75) is 12.8 Å². The second-order valence-electron chi connectivity index (χ2n) is 1.73. The van der Waals surface area contributed by atoms with Crippen molar-refractivity contribution in [2.24, 2.45) is 5.92 Å². The van der Waals surface area contributed by atoms with Crippen LogP contribution in [0, 0.1) is 17.8 Å². The molecule has 0 bridgehead atoms. The lowest BCUT2D eigenvalue weighted by molar-refractivity contribution is 1.18. The normalized spacial score (nSPS) is 17.9. The SMILES string of the molecule is ClCC#CC1CC1. The first-order chi connectivity index (χ1) is 3.43. The van der Waals surface area contributed by atoms with Crippen LogP contribution in [-0.2, 0) is 0 Å². The standard InChI is InChI=1S/C6H7Cl/c7-5-1-2-6-3-4-6/h6H,3-5H2. The van der Waals surface area contributed by atoms with E-state index in [1.54, 1.807) is 0 Å². The predicted octanol–water partition coefficient (Wildman–Crippen LogP) is 1.64. The van der Waals surface area contributed by atoms with E-state index >= 15 is 0 Å².